The van der Waals surface area contributed by atoms with E-state index in [1.807, 2.05) is 18.2 Å². The van der Waals surface area contributed by atoms with Crippen LogP contribution in [-0.2, 0) is 14.4 Å². The normalized spacial score (nSPS) is 14.0. The number of rotatable bonds is 7. The Morgan fingerprint density at radius 2 is 1.70 bits per heavy atom. The fraction of sp³-hybridized carbons (Fsp3) is 0.400. The predicted molar refractivity (Wildman–Crippen MR) is 124 cm³/mol. The fourth-order valence-corrected chi connectivity index (χ4v) is 5.72. The molecule has 148 valence electrons. The van der Waals surface area contributed by atoms with Gasteiger partial charge in [0, 0.05) is 10.1 Å². The summed E-state index contributed by atoms with van der Waals surface area (Å²) in [5.74, 6) is 0. The zero-order valence-electron chi connectivity index (χ0n) is 16.5. The summed E-state index contributed by atoms with van der Waals surface area (Å²) in [6, 6.07) is 15.9. The molecule has 0 aliphatic rings. The minimum atomic E-state index is -3.60. The van der Waals surface area contributed by atoms with Gasteiger partial charge in [-0.1, -0.05) is 73.7 Å². The van der Waals surface area contributed by atoms with Crippen molar-refractivity contribution >= 4 is 46.6 Å². The molecule has 2 rings (SSSR count). The van der Waals surface area contributed by atoms with Crippen molar-refractivity contribution in [1.29, 1.82) is 0 Å². The summed E-state index contributed by atoms with van der Waals surface area (Å²) >= 11 is 2.33. The van der Waals surface area contributed by atoms with Gasteiger partial charge in [0.15, 0.2) is 8.32 Å². The van der Waals surface area contributed by atoms with E-state index in [9.17, 15) is 8.42 Å². The fourth-order valence-electron chi connectivity index (χ4n) is 2.34. The van der Waals surface area contributed by atoms with E-state index in [1.165, 1.54) is 0 Å². The molecule has 7 heteroatoms. The van der Waals surface area contributed by atoms with Crippen LogP contribution in [0, 0.1) is 0 Å². The maximum Gasteiger partial charge on any atom is 0.261 e. The second kappa shape index (κ2) is 8.63. The van der Waals surface area contributed by atoms with Crippen LogP contribution in [-0.4, -0.2) is 21.2 Å². The molecule has 27 heavy (non-hydrogen) atoms. The number of alkyl halides is 1. The molecule has 1 atom stereocenters. The van der Waals surface area contributed by atoms with Crippen LogP contribution in [0.25, 0.3) is 0 Å². The highest BCUT2D eigenvalue weighted by Crippen LogP contribution is 2.40. The molecule has 0 fully saturated rings. The third-order valence-corrected chi connectivity index (χ3v) is 11.6. The van der Waals surface area contributed by atoms with Crippen LogP contribution in [0.5, 0.6) is 0 Å². The number of sulfonamides is 1. The quantitative estimate of drug-likeness (QED) is 0.279. The van der Waals surface area contributed by atoms with E-state index in [-0.39, 0.29) is 16.0 Å². The van der Waals surface area contributed by atoms with Crippen molar-refractivity contribution in [3.8, 4) is 0 Å². The lowest BCUT2D eigenvalue weighted by atomic mass is 10.1. The van der Waals surface area contributed by atoms with Crippen molar-refractivity contribution in [2.24, 2.45) is 0 Å². The molecule has 2 aromatic rings. The highest BCUT2D eigenvalue weighted by Gasteiger charge is 2.39. The first-order valence-corrected chi connectivity index (χ1v) is 14.8. The van der Waals surface area contributed by atoms with Gasteiger partial charge in [-0.2, -0.15) is 0 Å². The second-order valence-corrected chi connectivity index (χ2v) is 15.4. The maximum atomic E-state index is 12.6. The molecule has 0 bridgehead atoms. The predicted octanol–water partition coefficient (Wildman–Crippen LogP) is 5.99. The van der Waals surface area contributed by atoms with Crippen LogP contribution < -0.4 is 4.72 Å². The SMILES string of the molecule is CC(C)(C)[Si](C)(C)O[C@@H](CI)c1cccc(NS(=O)(=O)c2ccccc2)c1. The summed E-state index contributed by atoms with van der Waals surface area (Å²) in [5, 5.41) is 0.115. The Kier molecular flexibility index (Phi) is 7.15. The lowest BCUT2D eigenvalue weighted by Crippen LogP contribution is -2.42. The van der Waals surface area contributed by atoms with Gasteiger partial charge in [0.2, 0.25) is 0 Å². The molecule has 0 aliphatic heterocycles. The molecule has 2 aromatic carbocycles. The molecule has 0 saturated heterocycles. The van der Waals surface area contributed by atoms with Gasteiger partial charge >= 0.3 is 0 Å². The molecule has 0 radical (unpaired) electrons. The Labute approximate surface area is 178 Å². The Hall–Kier alpha value is -0.903. The van der Waals surface area contributed by atoms with Gasteiger partial charge in [0.25, 0.3) is 10.0 Å². The van der Waals surface area contributed by atoms with Gasteiger partial charge in [-0.15, -0.1) is 0 Å². The minimum Gasteiger partial charge on any atom is -0.409 e. The minimum absolute atomic E-state index is 0.0623. The molecule has 4 nitrogen and oxygen atoms in total. The van der Waals surface area contributed by atoms with Gasteiger partial charge in [-0.3, -0.25) is 4.72 Å². The highest BCUT2D eigenvalue weighted by atomic mass is 127. The first-order valence-electron chi connectivity index (χ1n) is 8.88. The molecule has 1 N–H and O–H groups in total. The van der Waals surface area contributed by atoms with Crippen LogP contribution in [0.3, 0.4) is 0 Å². The Bertz CT molecular complexity index is 864. The lowest BCUT2D eigenvalue weighted by Gasteiger charge is -2.39. The topological polar surface area (TPSA) is 55.4 Å². The Balaban J connectivity index is 2.26. The van der Waals surface area contributed by atoms with E-state index in [1.54, 1.807) is 36.4 Å². The number of anilines is 1. The van der Waals surface area contributed by atoms with E-state index < -0.39 is 18.3 Å². The summed E-state index contributed by atoms with van der Waals surface area (Å²) in [6.45, 7) is 11.1. The zero-order valence-corrected chi connectivity index (χ0v) is 20.5. The van der Waals surface area contributed by atoms with Gasteiger partial charge in [0.05, 0.1) is 11.0 Å². The Morgan fingerprint density at radius 3 is 2.26 bits per heavy atom. The van der Waals surface area contributed by atoms with Crippen LogP contribution in [0.4, 0.5) is 5.69 Å². The number of hydrogen-bond acceptors (Lipinski definition) is 3. The number of benzene rings is 2. The van der Waals surface area contributed by atoms with Crippen LogP contribution in [0.15, 0.2) is 59.5 Å². The van der Waals surface area contributed by atoms with E-state index >= 15 is 0 Å². The summed E-state index contributed by atoms with van der Waals surface area (Å²) in [5.41, 5.74) is 1.53. The van der Waals surface area contributed by atoms with Crippen LogP contribution >= 0.6 is 22.6 Å². The highest BCUT2D eigenvalue weighted by molar-refractivity contribution is 14.1. The standard InChI is InChI=1S/C20H28INO3SSi/c1-20(2,3)27(4,5)25-19(15-21)16-10-9-11-17(14-16)22-26(23,24)18-12-7-6-8-13-18/h6-14,19,22H,15H2,1-5H3/t19-/m0/s1. The molecule has 0 aliphatic carbocycles. The van der Waals surface area contributed by atoms with E-state index in [0.717, 1.165) is 9.99 Å². The van der Waals surface area contributed by atoms with Gasteiger partial charge in [-0.05, 0) is 48.0 Å². The van der Waals surface area contributed by atoms with Crippen molar-refractivity contribution < 1.29 is 12.8 Å². The largest absolute Gasteiger partial charge is 0.409 e. The molecule has 0 saturated carbocycles. The zero-order chi connectivity index (χ0) is 20.3. The van der Waals surface area contributed by atoms with E-state index in [2.05, 4.69) is 61.2 Å². The van der Waals surface area contributed by atoms with Gasteiger partial charge < -0.3 is 4.43 Å². The average Bonchev–Trinajstić information content (AvgIpc) is 2.59. The van der Waals surface area contributed by atoms with E-state index in [0.29, 0.717) is 5.69 Å². The molecule has 0 heterocycles. The third kappa shape index (κ3) is 5.79. The molecule has 0 aromatic heterocycles. The van der Waals surface area contributed by atoms with Gasteiger partial charge in [0.1, 0.15) is 0 Å². The molecule has 0 amide bonds. The summed E-state index contributed by atoms with van der Waals surface area (Å²) < 4.78 is 35.2. The first kappa shape index (κ1) is 22.4. The molecular formula is C20H28INO3SSi. The summed E-state index contributed by atoms with van der Waals surface area (Å²) in [4.78, 5) is 0.248. The Morgan fingerprint density at radius 1 is 1.07 bits per heavy atom. The van der Waals surface area contributed by atoms with Crippen molar-refractivity contribution in [3.63, 3.8) is 0 Å². The van der Waals surface area contributed by atoms with Crippen molar-refractivity contribution in [2.75, 3.05) is 9.15 Å². The van der Waals surface area contributed by atoms with Crippen molar-refractivity contribution in [2.45, 2.75) is 49.9 Å². The average molecular weight is 518 g/mol. The number of hydrogen-bond donors (Lipinski definition) is 1. The first-order chi connectivity index (χ1) is 12.5. The summed E-state index contributed by atoms with van der Waals surface area (Å²) in [6.07, 6.45) is -0.0623. The van der Waals surface area contributed by atoms with Crippen LogP contribution in [0.1, 0.15) is 32.4 Å². The molecule has 0 unspecified atom stereocenters. The van der Waals surface area contributed by atoms with Crippen LogP contribution in [0.2, 0.25) is 18.1 Å². The van der Waals surface area contributed by atoms with E-state index in [4.69, 9.17) is 4.43 Å². The number of halogens is 1. The maximum absolute atomic E-state index is 12.6. The molecular weight excluding hydrogens is 489 g/mol. The van der Waals surface area contributed by atoms with Gasteiger partial charge in [-0.25, -0.2) is 8.42 Å². The van der Waals surface area contributed by atoms with Crippen molar-refractivity contribution in [1.82, 2.24) is 0 Å². The second-order valence-electron chi connectivity index (χ2n) is 8.07. The smallest absolute Gasteiger partial charge is 0.261 e. The molecule has 0 spiro atoms. The van der Waals surface area contributed by atoms with Crippen molar-refractivity contribution in [3.05, 3.63) is 60.2 Å². The number of nitrogens with one attached hydrogen (secondary N) is 1. The third-order valence-electron chi connectivity index (χ3n) is 4.95. The monoisotopic (exact) mass is 517 g/mol. The lowest BCUT2D eigenvalue weighted by molar-refractivity contribution is 0.210. The summed E-state index contributed by atoms with van der Waals surface area (Å²) in [7, 11) is -5.54.